The molecule has 0 bridgehead atoms. The van der Waals surface area contributed by atoms with Crippen molar-refractivity contribution < 1.29 is 59.0 Å². The molecule has 1 rings (SSSR count). The highest BCUT2D eigenvalue weighted by Gasteiger charge is 2.51. The molecule has 0 aliphatic heterocycles. The van der Waals surface area contributed by atoms with Gasteiger partial charge in [0.25, 0.3) is 0 Å². The molecule has 13 nitrogen and oxygen atoms in total. The molecule has 1 saturated carbocycles. The van der Waals surface area contributed by atoms with Gasteiger partial charge in [0.1, 0.15) is 36.6 Å². The molecule has 0 spiro atoms. The molecular weight excluding hydrogens is 838 g/mol. The third-order valence-corrected chi connectivity index (χ3v) is 13.9. The van der Waals surface area contributed by atoms with Gasteiger partial charge >= 0.3 is 7.82 Å². The molecule has 0 saturated heterocycles. The molecule has 0 aromatic rings. The molecule has 9 N–H and O–H groups in total. The highest BCUT2D eigenvalue weighted by atomic mass is 31.2. The number of phosphoric acid groups is 1. The molecule has 1 amide bonds. The van der Waals surface area contributed by atoms with E-state index in [4.69, 9.17) is 9.05 Å². The fourth-order valence-electron chi connectivity index (χ4n) is 8.59. The Morgan fingerprint density at radius 1 is 0.531 bits per heavy atom. The Balaban J connectivity index is 2.45. The number of unbranched alkanes of at least 4 members (excludes halogenated alkanes) is 29. The van der Waals surface area contributed by atoms with Crippen molar-refractivity contribution in [3.63, 3.8) is 0 Å². The van der Waals surface area contributed by atoms with Crippen LogP contribution in [0.5, 0.6) is 0 Å². The van der Waals surface area contributed by atoms with E-state index < -0.39 is 75.2 Å². The number of phosphoric ester groups is 1. The zero-order valence-corrected chi connectivity index (χ0v) is 41.4. The Bertz CT molecular complexity index is 1150. The number of nitrogens with one attached hydrogen (secondary N) is 1. The summed E-state index contributed by atoms with van der Waals surface area (Å²) in [5, 5.41) is 74.8. The summed E-state index contributed by atoms with van der Waals surface area (Å²) in [7, 11) is -5.12. The lowest BCUT2D eigenvalue weighted by Crippen LogP contribution is -2.64. The number of aliphatic hydroxyl groups is 7. The SMILES string of the molecule is CCCCCCCCCCCC/C=C\CCCCCCCC(O)CC(=O)NC(COP(=O)(O)OC1C(O)C(O)C(O)C(O)C1O)C(O)CCCCCCCCCCCCCCCCC. The lowest BCUT2D eigenvalue weighted by Gasteiger charge is -2.41. The van der Waals surface area contributed by atoms with E-state index in [-0.39, 0.29) is 12.8 Å². The van der Waals surface area contributed by atoms with Crippen molar-refractivity contribution in [2.24, 2.45) is 0 Å². The van der Waals surface area contributed by atoms with Crippen LogP contribution < -0.4 is 5.32 Å². The smallest absolute Gasteiger partial charge is 0.393 e. The van der Waals surface area contributed by atoms with Crippen molar-refractivity contribution in [2.45, 2.75) is 293 Å². The number of aliphatic hydroxyl groups excluding tert-OH is 7. The standard InChI is InChI=1S/C50H98NO12P/c1-3-5-7-9-11-13-15-17-19-20-21-22-24-25-27-29-31-33-35-37-41(52)39-44(54)51-42(40-62-64(60,61)63-50-48(58)46(56)45(55)47(57)49(50)59)43(53)38-36-34-32-30-28-26-23-18-16-14-12-10-8-6-4-2/h22,24,41-43,45-50,52-53,55-59H,3-21,23,25-40H2,1-2H3,(H,51,54)(H,60,61)/b24-22-. The lowest BCUT2D eigenvalue weighted by atomic mass is 9.85. The van der Waals surface area contributed by atoms with Crippen LogP contribution in [0.25, 0.3) is 0 Å². The minimum absolute atomic E-state index is 0.224. The van der Waals surface area contributed by atoms with Crippen LogP contribution in [0.1, 0.15) is 239 Å². The Kier molecular flexibility index (Phi) is 38.1. The Morgan fingerprint density at radius 2 is 0.875 bits per heavy atom. The van der Waals surface area contributed by atoms with E-state index in [0.29, 0.717) is 12.8 Å². The number of rotatable bonds is 44. The zero-order chi connectivity index (χ0) is 47.3. The Morgan fingerprint density at radius 3 is 1.28 bits per heavy atom. The van der Waals surface area contributed by atoms with Crippen LogP contribution in [-0.4, -0.2) is 108 Å². The predicted octanol–water partition coefficient (Wildman–Crippen LogP) is 9.76. The second-order valence-electron chi connectivity index (χ2n) is 18.9. The summed E-state index contributed by atoms with van der Waals surface area (Å²) in [6.07, 6.45) is 29.7. The molecular formula is C50H98NO12P. The first-order valence-electron chi connectivity index (χ1n) is 26.2. The van der Waals surface area contributed by atoms with Crippen LogP contribution in [-0.2, 0) is 18.4 Å². The van der Waals surface area contributed by atoms with Crippen molar-refractivity contribution in [2.75, 3.05) is 6.61 Å². The molecule has 14 heteroatoms. The molecule has 0 aromatic carbocycles. The van der Waals surface area contributed by atoms with Crippen LogP contribution in [0.4, 0.5) is 0 Å². The van der Waals surface area contributed by atoms with Gasteiger partial charge in [-0.3, -0.25) is 13.8 Å². The van der Waals surface area contributed by atoms with Gasteiger partial charge in [0.15, 0.2) is 0 Å². The maximum atomic E-state index is 13.1. The van der Waals surface area contributed by atoms with Gasteiger partial charge in [-0.2, -0.15) is 0 Å². The number of hydrogen-bond acceptors (Lipinski definition) is 11. The van der Waals surface area contributed by atoms with E-state index in [1.54, 1.807) is 0 Å². The number of carbonyl (C=O) groups excluding carboxylic acids is 1. The average Bonchev–Trinajstić information content (AvgIpc) is 3.27. The van der Waals surface area contributed by atoms with Crippen LogP contribution in [0.2, 0.25) is 0 Å². The van der Waals surface area contributed by atoms with Crippen LogP contribution >= 0.6 is 7.82 Å². The van der Waals surface area contributed by atoms with E-state index in [0.717, 1.165) is 70.6 Å². The first-order valence-corrected chi connectivity index (χ1v) is 27.7. The number of allylic oxidation sites excluding steroid dienone is 2. The molecule has 8 unspecified atom stereocenters. The molecule has 8 atom stereocenters. The molecule has 1 aliphatic rings. The van der Waals surface area contributed by atoms with Gasteiger partial charge in [-0.25, -0.2) is 4.57 Å². The lowest BCUT2D eigenvalue weighted by molar-refractivity contribution is -0.220. The molecule has 0 radical (unpaired) electrons. The fourth-order valence-corrected chi connectivity index (χ4v) is 9.56. The van der Waals surface area contributed by atoms with E-state index in [2.05, 4.69) is 31.3 Å². The van der Waals surface area contributed by atoms with Crippen LogP contribution in [0.3, 0.4) is 0 Å². The van der Waals surface area contributed by atoms with Crippen molar-refractivity contribution in [3.8, 4) is 0 Å². The quantitative estimate of drug-likeness (QED) is 0.0158. The predicted molar refractivity (Wildman–Crippen MR) is 257 cm³/mol. The molecule has 1 fully saturated rings. The molecule has 64 heavy (non-hydrogen) atoms. The zero-order valence-electron chi connectivity index (χ0n) is 40.5. The van der Waals surface area contributed by atoms with Gasteiger partial charge in [-0.05, 0) is 38.5 Å². The largest absolute Gasteiger partial charge is 0.472 e. The van der Waals surface area contributed by atoms with Gasteiger partial charge in [0.2, 0.25) is 5.91 Å². The highest BCUT2D eigenvalue weighted by Crippen LogP contribution is 2.47. The molecule has 0 heterocycles. The van der Waals surface area contributed by atoms with E-state index >= 15 is 0 Å². The Labute approximate surface area is 389 Å². The van der Waals surface area contributed by atoms with Gasteiger partial charge in [0, 0.05) is 0 Å². The number of amides is 1. The van der Waals surface area contributed by atoms with Crippen LogP contribution in [0, 0.1) is 0 Å². The van der Waals surface area contributed by atoms with Gasteiger partial charge in [-0.15, -0.1) is 0 Å². The van der Waals surface area contributed by atoms with Crippen molar-refractivity contribution in [3.05, 3.63) is 12.2 Å². The van der Waals surface area contributed by atoms with Gasteiger partial charge in [0.05, 0.1) is 31.3 Å². The monoisotopic (exact) mass is 936 g/mol. The van der Waals surface area contributed by atoms with E-state index in [1.807, 2.05) is 0 Å². The maximum Gasteiger partial charge on any atom is 0.472 e. The second kappa shape index (κ2) is 40.0. The second-order valence-corrected chi connectivity index (χ2v) is 20.3. The minimum Gasteiger partial charge on any atom is -0.393 e. The third kappa shape index (κ3) is 31.2. The topological polar surface area (TPSA) is 226 Å². The maximum absolute atomic E-state index is 13.1. The molecule has 0 aromatic heterocycles. The number of carbonyl (C=O) groups is 1. The minimum atomic E-state index is -5.12. The summed E-state index contributed by atoms with van der Waals surface area (Å²) < 4.78 is 23.0. The van der Waals surface area contributed by atoms with Crippen LogP contribution in [0.15, 0.2) is 12.2 Å². The first kappa shape index (κ1) is 61.1. The van der Waals surface area contributed by atoms with Crippen molar-refractivity contribution >= 4 is 13.7 Å². The summed E-state index contributed by atoms with van der Waals surface area (Å²) in [6.45, 7) is 3.81. The summed E-state index contributed by atoms with van der Waals surface area (Å²) in [5.41, 5.74) is 0. The normalized spacial score (nSPS) is 22.7. The highest BCUT2D eigenvalue weighted by molar-refractivity contribution is 7.47. The van der Waals surface area contributed by atoms with Crippen molar-refractivity contribution in [1.29, 1.82) is 0 Å². The molecule has 380 valence electrons. The van der Waals surface area contributed by atoms with E-state index in [1.165, 1.54) is 128 Å². The summed E-state index contributed by atoms with van der Waals surface area (Å²) in [6, 6.07) is -1.15. The summed E-state index contributed by atoms with van der Waals surface area (Å²) in [4.78, 5) is 23.5. The number of hydrogen-bond donors (Lipinski definition) is 9. The van der Waals surface area contributed by atoms with Gasteiger partial charge < -0.3 is 46.0 Å². The van der Waals surface area contributed by atoms with Gasteiger partial charge in [-0.1, -0.05) is 206 Å². The average molecular weight is 936 g/mol. The summed E-state index contributed by atoms with van der Waals surface area (Å²) in [5.74, 6) is -0.562. The molecule has 1 aliphatic carbocycles. The van der Waals surface area contributed by atoms with E-state index in [9.17, 15) is 50.0 Å². The summed E-state index contributed by atoms with van der Waals surface area (Å²) >= 11 is 0. The third-order valence-electron chi connectivity index (χ3n) is 12.9. The van der Waals surface area contributed by atoms with Crippen molar-refractivity contribution in [1.82, 2.24) is 5.32 Å². The first-order chi connectivity index (χ1) is 30.8. The fraction of sp³-hybridized carbons (Fsp3) is 0.940. The Hall–Kier alpha value is -0.960.